The minimum absolute atomic E-state index is 0. The summed E-state index contributed by atoms with van der Waals surface area (Å²) in [5.74, 6) is -0.102. The first kappa shape index (κ1) is 19.3. The Morgan fingerprint density at radius 2 is 1.86 bits per heavy atom. The molecule has 3 nitrogen and oxygen atoms in total. The van der Waals surface area contributed by atoms with Gasteiger partial charge in [0.15, 0.2) is 6.17 Å². The average Bonchev–Trinajstić information content (AvgIpc) is 1.97. The van der Waals surface area contributed by atoms with E-state index in [-0.39, 0.29) is 36.9 Å². The van der Waals surface area contributed by atoms with E-state index in [4.69, 9.17) is 0 Å². The van der Waals surface area contributed by atoms with Gasteiger partial charge in [-0.15, -0.1) is 24.8 Å². The first-order chi connectivity index (χ1) is 5.41. The molecule has 0 fully saturated rings. The molecule has 0 rings (SSSR count). The van der Waals surface area contributed by atoms with Gasteiger partial charge in [-0.2, -0.15) is 0 Å². The maximum Gasteiger partial charge on any atom is 0.247 e. The molecule has 0 saturated carbocycles. The van der Waals surface area contributed by atoms with Crippen molar-refractivity contribution in [3.63, 3.8) is 0 Å². The van der Waals surface area contributed by atoms with Crippen molar-refractivity contribution in [3.05, 3.63) is 12.7 Å². The van der Waals surface area contributed by atoms with Crippen LogP contribution in [0.5, 0.6) is 0 Å². The lowest BCUT2D eigenvalue weighted by Gasteiger charge is -2.33. The molecule has 1 unspecified atom stereocenters. The fourth-order valence-corrected chi connectivity index (χ4v) is 1.07. The van der Waals surface area contributed by atoms with Crippen LogP contribution in [0.25, 0.3) is 0 Å². The monoisotopic (exact) mass is 243 g/mol. The van der Waals surface area contributed by atoms with E-state index in [1.165, 1.54) is 6.08 Å². The van der Waals surface area contributed by atoms with Crippen molar-refractivity contribution >= 4 is 30.7 Å². The Hall–Kier alpha value is -0.250. The average molecular weight is 244 g/mol. The molecule has 0 aliphatic rings. The minimum atomic E-state index is -0.102. The zero-order valence-electron chi connectivity index (χ0n) is 9.24. The van der Waals surface area contributed by atoms with E-state index in [2.05, 4.69) is 40.0 Å². The molecule has 1 atom stereocenters. The molecule has 0 aromatic rings. The zero-order valence-corrected chi connectivity index (χ0v) is 10.9. The second-order valence-electron chi connectivity index (χ2n) is 3.75. The molecule has 5 heteroatoms. The van der Waals surface area contributed by atoms with Crippen LogP contribution >= 0.6 is 24.8 Å². The van der Waals surface area contributed by atoms with Gasteiger partial charge < -0.3 is 9.80 Å². The molecule has 0 heterocycles. The molecule has 0 aromatic carbocycles. The van der Waals surface area contributed by atoms with E-state index in [1.807, 2.05) is 0 Å². The van der Waals surface area contributed by atoms with Gasteiger partial charge in [-0.05, 0) is 6.08 Å². The lowest BCUT2D eigenvalue weighted by molar-refractivity contribution is -0.898. The topological polar surface area (TPSA) is 29.1 Å². The van der Waals surface area contributed by atoms with Crippen molar-refractivity contribution in [2.75, 3.05) is 21.1 Å². The highest BCUT2D eigenvalue weighted by molar-refractivity contribution is 5.86. The lowest BCUT2D eigenvalue weighted by Crippen LogP contribution is -2.54. The van der Waals surface area contributed by atoms with Crippen LogP contribution in [-0.4, -0.2) is 37.7 Å². The summed E-state index contributed by atoms with van der Waals surface area (Å²) >= 11 is 0. The number of carbonyl (C=O) groups excluding carboxylic acids is 1. The third-order valence-corrected chi connectivity index (χ3v) is 1.82. The molecule has 1 amide bonds. The SMILES string of the molecule is C=CC(=O)NC(CC)[N+](C)(C)C.Cl.Cl. The third-order valence-electron chi connectivity index (χ3n) is 1.82. The molecule has 0 aliphatic carbocycles. The Balaban J connectivity index is -0.000000605. The summed E-state index contributed by atoms with van der Waals surface area (Å²) in [7, 11) is 6.16. The van der Waals surface area contributed by atoms with Gasteiger partial charge in [0.2, 0.25) is 5.91 Å². The number of nitrogens with zero attached hydrogens (tertiary/aromatic N) is 1. The number of nitrogens with one attached hydrogen (secondary N) is 1. The highest BCUT2D eigenvalue weighted by atomic mass is 35.5. The third kappa shape index (κ3) is 7.18. The van der Waals surface area contributed by atoms with Gasteiger partial charge in [-0.25, -0.2) is 0 Å². The van der Waals surface area contributed by atoms with Crippen molar-refractivity contribution in [1.29, 1.82) is 0 Å². The smallest absolute Gasteiger partial charge is 0.247 e. The molecular weight excluding hydrogens is 223 g/mol. The largest absolute Gasteiger partial charge is 0.311 e. The summed E-state index contributed by atoms with van der Waals surface area (Å²) < 4.78 is 0.732. The van der Waals surface area contributed by atoms with E-state index >= 15 is 0 Å². The summed E-state index contributed by atoms with van der Waals surface area (Å²) in [4.78, 5) is 11.0. The van der Waals surface area contributed by atoms with Crippen LogP contribution in [0.2, 0.25) is 0 Å². The number of amides is 1. The van der Waals surface area contributed by atoms with E-state index in [0.717, 1.165) is 10.9 Å². The molecular formula is C9H21Cl2N2O+. The Kier molecular flexibility index (Phi) is 11.2. The molecule has 0 saturated heterocycles. The highest BCUT2D eigenvalue weighted by Crippen LogP contribution is 2.03. The molecule has 0 aromatic heterocycles. The summed E-state index contributed by atoms with van der Waals surface area (Å²) in [5.41, 5.74) is 0. The molecule has 0 bridgehead atoms. The number of rotatable bonds is 4. The standard InChI is InChI=1S/C9H18N2O.2ClH/c1-6-8(11(3,4)5)10-9(12)7-2;;/h7-8H,2,6H2,1,3-5H3;2*1H/p+1. The van der Waals surface area contributed by atoms with Crippen LogP contribution < -0.4 is 5.32 Å². The van der Waals surface area contributed by atoms with Gasteiger partial charge in [-0.1, -0.05) is 13.5 Å². The van der Waals surface area contributed by atoms with Crippen molar-refractivity contribution in [2.24, 2.45) is 0 Å². The highest BCUT2D eigenvalue weighted by Gasteiger charge is 2.22. The van der Waals surface area contributed by atoms with Crippen LogP contribution in [0.15, 0.2) is 12.7 Å². The molecule has 0 spiro atoms. The summed E-state index contributed by atoms with van der Waals surface area (Å²) in [6.45, 7) is 5.46. The Morgan fingerprint density at radius 1 is 1.43 bits per heavy atom. The van der Waals surface area contributed by atoms with Gasteiger partial charge in [0.05, 0.1) is 21.1 Å². The van der Waals surface area contributed by atoms with Gasteiger partial charge in [0, 0.05) is 6.42 Å². The Labute approximate surface area is 99.0 Å². The van der Waals surface area contributed by atoms with Crippen molar-refractivity contribution < 1.29 is 9.28 Å². The van der Waals surface area contributed by atoms with E-state index < -0.39 is 0 Å². The molecule has 0 aliphatic heterocycles. The first-order valence-electron chi connectivity index (χ1n) is 4.15. The van der Waals surface area contributed by atoms with Crippen molar-refractivity contribution in [1.82, 2.24) is 5.32 Å². The summed E-state index contributed by atoms with van der Waals surface area (Å²) in [5, 5.41) is 2.87. The normalized spacial score (nSPS) is 11.7. The number of hydrogen-bond donors (Lipinski definition) is 1. The molecule has 1 N–H and O–H groups in total. The Morgan fingerprint density at radius 3 is 2.07 bits per heavy atom. The van der Waals surface area contributed by atoms with Crippen LogP contribution in [-0.2, 0) is 4.79 Å². The van der Waals surface area contributed by atoms with E-state index in [9.17, 15) is 4.79 Å². The fourth-order valence-electron chi connectivity index (χ4n) is 1.07. The number of quaternary nitrogens is 1. The maximum absolute atomic E-state index is 11.0. The lowest BCUT2D eigenvalue weighted by atomic mass is 10.3. The van der Waals surface area contributed by atoms with Gasteiger partial charge in [0.1, 0.15) is 0 Å². The Bertz CT molecular complexity index is 178. The minimum Gasteiger partial charge on any atom is -0.311 e. The maximum atomic E-state index is 11.0. The van der Waals surface area contributed by atoms with Gasteiger partial charge in [0.25, 0.3) is 0 Å². The predicted octanol–water partition coefficient (Wildman–Crippen LogP) is 1.57. The van der Waals surface area contributed by atoms with Crippen LogP contribution in [0.3, 0.4) is 0 Å². The van der Waals surface area contributed by atoms with Gasteiger partial charge in [-0.3, -0.25) is 4.79 Å². The first-order valence-corrected chi connectivity index (χ1v) is 4.15. The zero-order chi connectivity index (χ0) is 9.78. The number of halogens is 2. The predicted molar refractivity (Wildman–Crippen MR) is 64.9 cm³/mol. The fraction of sp³-hybridized carbons (Fsp3) is 0.667. The van der Waals surface area contributed by atoms with Crippen LogP contribution in [0.1, 0.15) is 13.3 Å². The second kappa shape index (κ2) is 8.09. The molecule has 14 heavy (non-hydrogen) atoms. The summed E-state index contributed by atoms with van der Waals surface area (Å²) in [6.07, 6.45) is 2.39. The van der Waals surface area contributed by atoms with E-state index in [1.54, 1.807) is 0 Å². The molecule has 86 valence electrons. The molecule has 0 radical (unpaired) electrons. The van der Waals surface area contributed by atoms with Crippen LogP contribution in [0.4, 0.5) is 0 Å². The number of hydrogen-bond acceptors (Lipinski definition) is 1. The summed E-state index contributed by atoms with van der Waals surface area (Å²) in [6, 6.07) is 0. The quantitative estimate of drug-likeness (QED) is 0.454. The second-order valence-corrected chi connectivity index (χ2v) is 3.75. The van der Waals surface area contributed by atoms with Crippen molar-refractivity contribution in [2.45, 2.75) is 19.5 Å². The van der Waals surface area contributed by atoms with Gasteiger partial charge >= 0.3 is 0 Å². The van der Waals surface area contributed by atoms with Crippen molar-refractivity contribution in [3.8, 4) is 0 Å². The van der Waals surface area contributed by atoms with E-state index in [0.29, 0.717) is 0 Å². The number of carbonyl (C=O) groups is 1. The van der Waals surface area contributed by atoms with Crippen LogP contribution in [0, 0.1) is 0 Å².